The maximum absolute atomic E-state index is 5.14. The number of aromatic nitrogens is 3. The third-order valence-corrected chi connectivity index (χ3v) is 2.29. The van der Waals surface area contributed by atoms with E-state index < -0.39 is 0 Å². The monoisotopic (exact) mass is 252 g/mol. The fraction of sp³-hybridized carbons (Fsp3) is 0.545. The standard InChI is InChI=1S/C11H16N4O3/c1-8-4-9(17-13-8)5-15(2)6-11-12-10(7-16-3)14-18-11/h4H,5-7H2,1-3H3. The van der Waals surface area contributed by atoms with Crippen LogP contribution in [0.1, 0.15) is 23.2 Å². The molecule has 7 nitrogen and oxygen atoms in total. The SMILES string of the molecule is COCc1noc(CN(C)Cc2cc(C)no2)n1. The summed E-state index contributed by atoms with van der Waals surface area (Å²) in [6.07, 6.45) is 0. The highest BCUT2D eigenvalue weighted by atomic mass is 16.5. The van der Waals surface area contributed by atoms with Crippen molar-refractivity contribution in [2.24, 2.45) is 0 Å². The largest absolute Gasteiger partial charge is 0.377 e. The van der Waals surface area contributed by atoms with Crippen molar-refractivity contribution < 1.29 is 13.8 Å². The lowest BCUT2D eigenvalue weighted by Crippen LogP contribution is -2.17. The van der Waals surface area contributed by atoms with Gasteiger partial charge < -0.3 is 13.8 Å². The molecule has 0 spiro atoms. The summed E-state index contributed by atoms with van der Waals surface area (Å²) in [6, 6.07) is 1.90. The number of methoxy groups -OCH3 is 1. The van der Waals surface area contributed by atoms with Crippen LogP contribution >= 0.6 is 0 Å². The van der Waals surface area contributed by atoms with Gasteiger partial charge in [0.05, 0.1) is 18.8 Å². The van der Waals surface area contributed by atoms with Crippen LogP contribution < -0.4 is 0 Å². The van der Waals surface area contributed by atoms with Crippen molar-refractivity contribution in [3.63, 3.8) is 0 Å². The van der Waals surface area contributed by atoms with Gasteiger partial charge in [0.2, 0.25) is 5.89 Å². The van der Waals surface area contributed by atoms with E-state index in [4.69, 9.17) is 13.8 Å². The molecule has 7 heteroatoms. The minimum atomic E-state index is 0.356. The predicted octanol–water partition coefficient (Wildman–Crippen LogP) is 1.14. The van der Waals surface area contributed by atoms with Crippen molar-refractivity contribution in [1.82, 2.24) is 20.2 Å². The summed E-state index contributed by atoms with van der Waals surface area (Å²) in [6.45, 7) is 3.44. The summed E-state index contributed by atoms with van der Waals surface area (Å²) in [5.41, 5.74) is 0.874. The van der Waals surface area contributed by atoms with E-state index >= 15 is 0 Å². The molecule has 0 aromatic carbocycles. The summed E-state index contributed by atoms with van der Waals surface area (Å²) >= 11 is 0. The Morgan fingerprint density at radius 3 is 2.78 bits per heavy atom. The molecule has 0 radical (unpaired) electrons. The van der Waals surface area contributed by atoms with Crippen LogP contribution in [0.4, 0.5) is 0 Å². The van der Waals surface area contributed by atoms with Crippen molar-refractivity contribution in [3.8, 4) is 0 Å². The molecule has 2 aromatic heterocycles. The maximum atomic E-state index is 5.14. The molecule has 0 aliphatic rings. The summed E-state index contributed by atoms with van der Waals surface area (Å²) in [5.74, 6) is 1.92. The Kier molecular flexibility index (Phi) is 4.06. The Morgan fingerprint density at radius 2 is 2.11 bits per heavy atom. The maximum Gasteiger partial charge on any atom is 0.240 e. The molecule has 0 fully saturated rings. The Balaban J connectivity index is 1.88. The van der Waals surface area contributed by atoms with Crippen LogP contribution in [0.25, 0.3) is 0 Å². The number of hydrogen-bond acceptors (Lipinski definition) is 7. The number of rotatable bonds is 6. The average molecular weight is 252 g/mol. The van der Waals surface area contributed by atoms with Gasteiger partial charge in [0.25, 0.3) is 0 Å². The number of hydrogen-bond donors (Lipinski definition) is 0. The van der Waals surface area contributed by atoms with Crippen LogP contribution in [0.2, 0.25) is 0 Å². The van der Waals surface area contributed by atoms with Crippen molar-refractivity contribution in [2.45, 2.75) is 26.6 Å². The highest BCUT2D eigenvalue weighted by Crippen LogP contribution is 2.08. The van der Waals surface area contributed by atoms with Crippen molar-refractivity contribution >= 4 is 0 Å². The second-order valence-electron chi connectivity index (χ2n) is 4.14. The number of ether oxygens (including phenoxy) is 1. The van der Waals surface area contributed by atoms with Crippen LogP contribution in [0, 0.1) is 6.92 Å². The van der Waals surface area contributed by atoms with Gasteiger partial charge in [-0.2, -0.15) is 4.98 Å². The molecule has 0 saturated carbocycles. The first-order chi connectivity index (χ1) is 8.67. The molecule has 0 N–H and O–H groups in total. The van der Waals surface area contributed by atoms with Crippen molar-refractivity contribution in [3.05, 3.63) is 29.2 Å². The van der Waals surface area contributed by atoms with Gasteiger partial charge in [-0.3, -0.25) is 4.90 Å². The molecule has 2 heterocycles. The first-order valence-corrected chi connectivity index (χ1v) is 5.58. The predicted molar refractivity (Wildman–Crippen MR) is 61.4 cm³/mol. The first kappa shape index (κ1) is 12.7. The van der Waals surface area contributed by atoms with Crippen LogP contribution in [0.15, 0.2) is 15.1 Å². The quantitative estimate of drug-likeness (QED) is 0.762. The van der Waals surface area contributed by atoms with E-state index in [1.807, 2.05) is 24.9 Å². The van der Waals surface area contributed by atoms with Crippen LogP contribution in [0.5, 0.6) is 0 Å². The molecule has 0 atom stereocenters. The molecule has 98 valence electrons. The van der Waals surface area contributed by atoms with Gasteiger partial charge in [-0.05, 0) is 14.0 Å². The molecule has 0 amide bonds. The van der Waals surface area contributed by atoms with Gasteiger partial charge >= 0.3 is 0 Å². The number of nitrogens with zero attached hydrogens (tertiary/aromatic N) is 4. The molecular formula is C11H16N4O3. The second kappa shape index (κ2) is 5.74. The highest BCUT2D eigenvalue weighted by molar-refractivity contribution is 5.02. The third-order valence-electron chi connectivity index (χ3n) is 2.29. The Hall–Kier alpha value is -1.73. The van der Waals surface area contributed by atoms with Gasteiger partial charge in [-0.15, -0.1) is 0 Å². The summed E-state index contributed by atoms with van der Waals surface area (Å²) in [4.78, 5) is 6.20. The molecule has 0 aliphatic carbocycles. The smallest absolute Gasteiger partial charge is 0.240 e. The number of aryl methyl sites for hydroxylation is 1. The van der Waals surface area contributed by atoms with Gasteiger partial charge in [0.15, 0.2) is 11.6 Å². The van der Waals surface area contributed by atoms with Crippen molar-refractivity contribution in [1.29, 1.82) is 0 Å². The second-order valence-corrected chi connectivity index (χ2v) is 4.14. The highest BCUT2D eigenvalue weighted by Gasteiger charge is 2.11. The molecular weight excluding hydrogens is 236 g/mol. The Labute approximate surface area is 105 Å². The fourth-order valence-electron chi connectivity index (χ4n) is 1.59. The van der Waals surface area contributed by atoms with Crippen LogP contribution in [-0.2, 0) is 24.4 Å². The average Bonchev–Trinajstić information content (AvgIpc) is 2.89. The summed E-state index contributed by atoms with van der Waals surface area (Å²) in [7, 11) is 3.53. The van der Waals surface area contributed by atoms with E-state index in [0.29, 0.717) is 31.4 Å². The van der Waals surface area contributed by atoms with E-state index in [0.717, 1.165) is 11.5 Å². The lowest BCUT2D eigenvalue weighted by Gasteiger charge is -2.10. The molecule has 0 saturated heterocycles. The van der Waals surface area contributed by atoms with Gasteiger partial charge in [-0.1, -0.05) is 10.3 Å². The molecule has 2 rings (SSSR count). The van der Waals surface area contributed by atoms with E-state index in [1.165, 1.54) is 0 Å². The van der Waals surface area contributed by atoms with Gasteiger partial charge in [0, 0.05) is 13.2 Å². The Bertz CT molecular complexity index is 494. The van der Waals surface area contributed by atoms with Crippen LogP contribution in [0.3, 0.4) is 0 Å². The summed E-state index contributed by atoms with van der Waals surface area (Å²) < 4.78 is 15.2. The van der Waals surface area contributed by atoms with E-state index in [1.54, 1.807) is 7.11 Å². The zero-order valence-electron chi connectivity index (χ0n) is 10.7. The van der Waals surface area contributed by atoms with Crippen molar-refractivity contribution in [2.75, 3.05) is 14.2 Å². The van der Waals surface area contributed by atoms with E-state index in [9.17, 15) is 0 Å². The lowest BCUT2D eigenvalue weighted by atomic mass is 10.3. The van der Waals surface area contributed by atoms with Gasteiger partial charge in [0.1, 0.15) is 6.61 Å². The van der Waals surface area contributed by atoms with Gasteiger partial charge in [-0.25, -0.2) is 0 Å². The van der Waals surface area contributed by atoms with E-state index in [-0.39, 0.29) is 0 Å². The van der Waals surface area contributed by atoms with Crippen LogP contribution in [-0.4, -0.2) is 34.4 Å². The third kappa shape index (κ3) is 3.38. The molecule has 0 unspecified atom stereocenters. The fourth-order valence-corrected chi connectivity index (χ4v) is 1.59. The molecule has 0 aliphatic heterocycles. The zero-order chi connectivity index (χ0) is 13.0. The first-order valence-electron chi connectivity index (χ1n) is 5.58. The molecule has 2 aromatic rings. The lowest BCUT2D eigenvalue weighted by molar-refractivity contribution is 0.174. The topological polar surface area (TPSA) is 77.4 Å². The van der Waals surface area contributed by atoms with E-state index in [2.05, 4.69) is 15.3 Å². The Morgan fingerprint density at radius 1 is 1.28 bits per heavy atom. The minimum Gasteiger partial charge on any atom is -0.377 e. The molecule has 0 bridgehead atoms. The summed E-state index contributed by atoms with van der Waals surface area (Å²) in [5, 5.41) is 7.63. The zero-order valence-corrected chi connectivity index (χ0v) is 10.7. The normalized spacial score (nSPS) is 11.3. The molecule has 18 heavy (non-hydrogen) atoms. The minimum absolute atomic E-state index is 0.356.